The first kappa shape index (κ1) is 15.6. The van der Waals surface area contributed by atoms with Gasteiger partial charge in [-0.1, -0.05) is 48.9 Å². The molecule has 1 aliphatic rings. The lowest BCUT2D eigenvalue weighted by atomic mass is 9.64. The summed E-state index contributed by atoms with van der Waals surface area (Å²) in [4.78, 5) is 12.3. The number of carbonyl (C=O) groups is 1. The van der Waals surface area contributed by atoms with Crippen LogP contribution < -0.4 is 10.6 Å². The topological polar surface area (TPSA) is 41.1 Å². The Morgan fingerprint density at radius 3 is 2.48 bits per heavy atom. The zero-order chi connectivity index (χ0) is 16.3. The molecule has 2 aromatic carbocycles. The Morgan fingerprint density at radius 2 is 1.83 bits per heavy atom. The fourth-order valence-electron chi connectivity index (χ4n) is 3.25. The molecule has 0 atom stereocenters. The second kappa shape index (κ2) is 6.45. The normalized spacial score (nSPS) is 15.6. The van der Waals surface area contributed by atoms with Crippen LogP contribution in [0.3, 0.4) is 0 Å². The Kier molecular flexibility index (Phi) is 4.37. The summed E-state index contributed by atoms with van der Waals surface area (Å²) in [6, 6.07) is 16.5. The maximum absolute atomic E-state index is 12.3. The maximum Gasteiger partial charge on any atom is 0.319 e. The highest BCUT2D eigenvalue weighted by atomic mass is 16.2. The van der Waals surface area contributed by atoms with Crippen molar-refractivity contribution in [1.82, 2.24) is 5.32 Å². The lowest BCUT2D eigenvalue weighted by molar-refractivity contribution is 0.222. The summed E-state index contributed by atoms with van der Waals surface area (Å²) < 4.78 is 0. The van der Waals surface area contributed by atoms with Crippen LogP contribution in [0.5, 0.6) is 0 Å². The molecule has 0 aliphatic heterocycles. The van der Waals surface area contributed by atoms with Crippen LogP contribution in [0.1, 0.15) is 36.0 Å². The predicted octanol–water partition coefficient (Wildman–Crippen LogP) is 4.55. The predicted molar refractivity (Wildman–Crippen MR) is 94.9 cm³/mol. The van der Waals surface area contributed by atoms with Crippen LogP contribution in [0.25, 0.3) is 0 Å². The van der Waals surface area contributed by atoms with E-state index in [0.29, 0.717) is 6.54 Å². The van der Waals surface area contributed by atoms with Crippen LogP contribution in [0.2, 0.25) is 0 Å². The maximum atomic E-state index is 12.3. The van der Waals surface area contributed by atoms with E-state index in [1.165, 1.54) is 12.0 Å². The third-order valence-electron chi connectivity index (χ3n) is 4.93. The summed E-state index contributed by atoms with van der Waals surface area (Å²) in [5.41, 5.74) is 4.54. The molecule has 120 valence electrons. The number of hydrogen-bond donors (Lipinski definition) is 2. The van der Waals surface area contributed by atoms with Gasteiger partial charge in [-0.05, 0) is 49.4 Å². The molecule has 0 heterocycles. The standard InChI is InChI=1S/C20H24N2O/c1-15-9-10-16(2)18(13-15)22-19(23)21-14-20(11-6-12-20)17-7-4-3-5-8-17/h3-5,7-10,13H,6,11-12,14H2,1-2H3,(H2,21,22,23). The summed E-state index contributed by atoms with van der Waals surface area (Å²) in [7, 11) is 0. The van der Waals surface area contributed by atoms with Crippen molar-refractivity contribution in [2.75, 3.05) is 11.9 Å². The first-order chi connectivity index (χ1) is 11.1. The number of nitrogens with one attached hydrogen (secondary N) is 2. The molecule has 1 aliphatic carbocycles. The van der Waals surface area contributed by atoms with Gasteiger partial charge in [0.05, 0.1) is 0 Å². The fourth-order valence-corrected chi connectivity index (χ4v) is 3.25. The number of carbonyl (C=O) groups excluding carboxylic acids is 1. The van der Waals surface area contributed by atoms with Gasteiger partial charge in [0.2, 0.25) is 0 Å². The molecule has 3 nitrogen and oxygen atoms in total. The second-order valence-electron chi connectivity index (χ2n) is 6.63. The van der Waals surface area contributed by atoms with E-state index in [0.717, 1.165) is 29.7 Å². The number of benzene rings is 2. The first-order valence-corrected chi connectivity index (χ1v) is 8.27. The first-order valence-electron chi connectivity index (χ1n) is 8.27. The fraction of sp³-hybridized carbons (Fsp3) is 0.350. The molecule has 0 radical (unpaired) electrons. The number of urea groups is 1. The summed E-state index contributed by atoms with van der Waals surface area (Å²) in [6.07, 6.45) is 3.51. The highest BCUT2D eigenvalue weighted by Crippen LogP contribution is 2.43. The molecule has 0 bridgehead atoms. The van der Waals surface area contributed by atoms with Crippen LogP contribution in [0, 0.1) is 13.8 Å². The van der Waals surface area contributed by atoms with E-state index in [9.17, 15) is 4.79 Å². The minimum absolute atomic E-state index is 0.111. The van der Waals surface area contributed by atoms with Gasteiger partial charge in [-0.2, -0.15) is 0 Å². The smallest absolute Gasteiger partial charge is 0.319 e. The monoisotopic (exact) mass is 308 g/mol. The number of rotatable bonds is 4. The molecule has 3 rings (SSSR count). The average molecular weight is 308 g/mol. The van der Waals surface area contributed by atoms with Crippen molar-refractivity contribution in [3.05, 3.63) is 65.2 Å². The van der Waals surface area contributed by atoms with Crippen molar-refractivity contribution in [1.29, 1.82) is 0 Å². The van der Waals surface area contributed by atoms with Crippen molar-refractivity contribution in [2.45, 2.75) is 38.5 Å². The van der Waals surface area contributed by atoms with Crippen LogP contribution in [-0.2, 0) is 5.41 Å². The lowest BCUT2D eigenvalue weighted by Gasteiger charge is -2.42. The van der Waals surface area contributed by atoms with Crippen LogP contribution in [0.15, 0.2) is 48.5 Å². The van der Waals surface area contributed by atoms with E-state index in [1.54, 1.807) is 0 Å². The van der Waals surface area contributed by atoms with Crippen molar-refractivity contribution < 1.29 is 4.79 Å². The van der Waals surface area contributed by atoms with Gasteiger partial charge in [0, 0.05) is 17.6 Å². The number of hydrogen-bond acceptors (Lipinski definition) is 1. The molecular formula is C20H24N2O. The Labute approximate surface area is 138 Å². The minimum atomic E-state index is -0.124. The van der Waals surface area contributed by atoms with Crippen molar-refractivity contribution in [3.8, 4) is 0 Å². The van der Waals surface area contributed by atoms with Crippen molar-refractivity contribution in [2.24, 2.45) is 0 Å². The largest absolute Gasteiger partial charge is 0.337 e. The van der Waals surface area contributed by atoms with E-state index >= 15 is 0 Å². The van der Waals surface area contributed by atoms with Gasteiger partial charge < -0.3 is 10.6 Å². The number of aryl methyl sites for hydroxylation is 2. The van der Waals surface area contributed by atoms with Gasteiger partial charge in [-0.3, -0.25) is 0 Å². The molecule has 2 amide bonds. The van der Waals surface area contributed by atoms with Gasteiger partial charge in [0.1, 0.15) is 0 Å². The van der Waals surface area contributed by atoms with Gasteiger partial charge >= 0.3 is 6.03 Å². The Morgan fingerprint density at radius 1 is 1.09 bits per heavy atom. The van der Waals surface area contributed by atoms with E-state index in [2.05, 4.69) is 41.0 Å². The quantitative estimate of drug-likeness (QED) is 0.855. The molecule has 0 spiro atoms. The van der Waals surface area contributed by atoms with E-state index in [4.69, 9.17) is 0 Å². The van der Waals surface area contributed by atoms with Crippen LogP contribution in [-0.4, -0.2) is 12.6 Å². The highest BCUT2D eigenvalue weighted by molar-refractivity contribution is 5.90. The molecule has 23 heavy (non-hydrogen) atoms. The average Bonchev–Trinajstić information content (AvgIpc) is 2.51. The highest BCUT2D eigenvalue weighted by Gasteiger charge is 2.38. The summed E-state index contributed by atoms with van der Waals surface area (Å²) in [6.45, 7) is 4.72. The lowest BCUT2D eigenvalue weighted by Crippen LogP contribution is -2.46. The zero-order valence-electron chi connectivity index (χ0n) is 13.9. The molecule has 3 heteroatoms. The number of anilines is 1. The van der Waals surface area contributed by atoms with Crippen molar-refractivity contribution >= 4 is 11.7 Å². The molecule has 2 N–H and O–H groups in total. The molecule has 0 saturated heterocycles. The van der Waals surface area contributed by atoms with Crippen molar-refractivity contribution in [3.63, 3.8) is 0 Å². The summed E-state index contributed by atoms with van der Waals surface area (Å²) >= 11 is 0. The SMILES string of the molecule is Cc1ccc(C)c(NC(=O)NCC2(c3ccccc3)CCC2)c1. The van der Waals surface area contributed by atoms with Gasteiger partial charge in [-0.25, -0.2) is 4.79 Å². The molecule has 0 aromatic heterocycles. The minimum Gasteiger partial charge on any atom is -0.337 e. The van der Waals surface area contributed by atoms with Crippen LogP contribution in [0.4, 0.5) is 10.5 Å². The Hall–Kier alpha value is -2.29. The molecule has 1 saturated carbocycles. The third kappa shape index (κ3) is 3.39. The van der Waals surface area contributed by atoms with Gasteiger partial charge in [0.25, 0.3) is 0 Å². The molecule has 1 fully saturated rings. The Balaban J connectivity index is 1.63. The molecule has 2 aromatic rings. The van der Waals surface area contributed by atoms with E-state index < -0.39 is 0 Å². The van der Waals surface area contributed by atoms with E-state index in [1.807, 2.05) is 32.0 Å². The van der Waals surface area contributed by atoms with Gasteiger partial charge in [0.15, 0.2) is 0 Å². The second-order valence-corrected chi connectivity index (χ2v) is 6.63. The Bertz CT molecular complexity index is 690. The van der Waals surface area contributed by atoms with Crippen LogP contribution >= 0.6 is 0 Å². The summed E-state index contributed by atoms with van der Waals surface area (Å²) in [5.74, 6) is 0. The summed E-state index contributed by atoms with van der Waals surface area (Å²) in [5, 5.41) is 6.04. The molecular weight excluding hydrogens is 284 g/mol. The van der Waals surface area contributed by atoms with E-state index in [-0.39, 0.29) is 11.4 Å². The third-order valence-corrected chi connectivity index (χ3v) is 4.93. The van der Waals surface area contributed by atoms with Gasteiger partial charge in [-0.15, -0.1) is 0 Å². The number of amides is 2. The zero-order valence-corrected chi connectivity index (χ0v) is 13.9. The molecule has 0 unspecified atom stereocenters.